The Morgan fingerprint density at radius 2 is 1.79 bits per heavy atom. The molecular weight excluding hydrogens is 360 g/mol. The fraction of sp³-hybridized carbons (Fsp3) is 0.200. The van der Waals surface area contributed by atoms with E-state index in [2.05, 4.69) is 10.6 Å². The van der Waals surface area contributed by atoms with Gasteiger partial charge in [-0.2, -0.15) is 0 Å². The van der Waals surface area contributed by atoms with Crippen LogP contribution in [0.2, 0.25) is 0 Å². The van der Waals surface area contributed by atoms with Gasteiger partial charge in [0, 0.05) is 35.5 Å². The van der Waals surface area contributed by atoms with Crippen LogP contribution in [0.3, 0.4) is 0 Å². The van der Waals surface area contributed by atoms with Crippen LogP contribution in [0.5, 0.6) is 0 Å². The van der Waals surface area contributed by atoms with Gasteiger partial charge in [0.05, 0.1) is 6.54 Å². The molecule has 0 unspecified atom stereocenters. The van der Waals surface area contributed by atoms with Crippen molar-refractivity contribution in [2.24, 2.45) is 5.73 Å². The molecule has 1 fully saturated rings. The lowest BCUT2D eigenvalue weighted by atomic mass is 10.2. The van der Waals surface area contributed by atoms with Crippen LogP contribution in [-0.4, -0.2) is 36.7 Å². The Hall–Kier alpha value is -3.68. The molecule has 0 atom stereocenters. The molecule has 8 nitrogen and oxygen atoms in total. The lowest BCUT2D eigenvalue weighted by Crippen LogP contribution is -2.33. The molecule has 0 bridgehead atoms. The number of primary amides is 1. The van der Waals surface area contributed by atoms with Crippen LogP contribution in [0.15, 0.2) is 48.5 Å². The monoisotopic (exact) mass is 380 g/mol. The van der Waals surface area contributed by atoms with Crippen molar-refractivity contribution in [3.8, 4) is 0 Å². The lowest BCUT2D eigenvalue weighted by molar-refractivity contribution is -0.117. The van der Waals surface area contributed by atoms with E-state index < -0.39 is 17.7 Å². The van der Waals surface area contributed by atoms with Gasteiger partial charge in [0.2, 0.25) is 17.7 Å². The van der Waals surface area contributed by atoms with Crippen molar-refractivity contribution >= 4 is 35.0 Å². The van der Waals surface area contributed by atoms with E-state index in [9.17, 15) is 19.2 Å². The van der Waals surface area contributed by atoms with E-state index in [-0.39, 0.29) is 18.0 Å². The van der Waals surface area contributed by atoms with Crippen LogP contribution in [0.4, 0.5) is 11.4 Å². The molecule has 0 saturated carbocycles. The smallest absolute Gasteiger partial charge is 0.251 e. The maximum atomic E-state index is 12.2. The highest BCUT2D eigenvalue weighted by atomic mass is 16.2. The fourth-order valence-corrected chi connectivity index (χ4v) is 2.93. The lowest BCUT2D eigenvalue weighted by Gasteiger charge is -2.15. The number of hydrogen-bond acceptors (Lipinski definition) is 4. The Labute approximate surface area is 161 Å². The number of nitrogens with one attached hydrogen (secondary N) is 2. The largest absolute Gasteiger partial charge is 0.366 e. The normalized spacial score (nSPS) is 13.3. The molecule has 4 N–H and O–H groups in total. The van der Waals surface area contributed by atoms with Crippen LogP contribution in [0.25, 0.3) is 0 Å². The number of anilines is 2. The first kappa shape index (κ1) is 19.1. The molecule has 2 aromatic carbocycles. The summed E-state index contributed by atoms with van der Waals surface area (Å²) < 4.78 is 0. The zero-order chi connectivity index (χ0) is 20.1. The molecule has 2 aromatic rings. The quantitative estimate of drug-likeness (QED) is 0.699. The van der Waals surface area contributed by atoms with Crippen molar-refractivity contribution in [2.45, 2.75) is 12.8 Å². The summed E-state index contributed by atoms with van der Waals surface area (Å²) in [6.45, 7) is 0.452. The average Bonchev–Trinajstić information content (AvgIpc) is 3.12. The van der Waals surface area contributed by atoms with E-state index >= 15 is 0 Å². The van der Waals surface area contributed by atoms with E-state index in [1.54, 1.807) is 47.4 Å². The predicted molar refractivity (Wildman–Crippen MR) is 104 cm³/mol. The Bertz CT molecular complexity index is 924. The highest BCUT2D eigenvalue weighted by molar-refractivity contribution is 6.01. The number of nitrogens with two attached hydrogens (primary N) is 1. The number of rotatable bonds is 6. The van der Waals surface area contributed by atoms with Crippen LogP contribution in [0.1, 0.15) is 33.6 Å². The van der Waals surface area contributed by atoms with Crippen LogP contribution >= 0.6 is 0 Å². The molecule has 0 spiro atoms. The van der Waals surface area contributed by atoms with Gasteiger partial charge in [0.25, 0.3) is 5.91 Å². The molecule has 0 aliphatic carbocycles. The first-order valence-electron chi connectivity index (χ1n) is 8.82. The van der Waals surface area contributed by atoms with E-state index in [0.29, 0.717) is 24.2 Å². The summed E-state index contributed by atoms with van der Waals surface area (Å²) in [6, 6.07) is 12.9. The van der Waals surface area contributed by atoms with Gasteiger partial charge >= 0.3 is 0 Å². The summed E-state index contributed by atoms with van der Waals surface area (Å²) in [4.78, 5) is 48.8. The third-order valence-corrected chi connectivity index (χ3v) is 4.35. The number of hydrogen-bond donors (Lipinski definition) is 3. The van der Waals surface area contributed by atoms with Crippen molar-refractivity contribution in [3.63, 3.8) is 0 Å². The van der Waals surface area contributed by atoms with Gasteiger partial charge in [0.1, 0.15) is 0 Å². The summed E-state index contributed by atoms with van der Waals surface area (Å²) in [7, 11) is 0. The molecule has 1 saturated heterocycles. The maximum absolute atomic E-state index is 12.2. The first-order valence-corrected chi connectivity index (χ1v) is 8.82. The van der Waals surface area contributed by atoms with Crippen LogP contribution in [-0.2, 0) is 9.59 Å². The third-order valence-electron chi connectivity index (χ3n) is 4.35. The Morgan fingerprint density at radius 3 is 2.43 bits per heavy atom. The summed E-state index contributed by atoms with van der Waals surface area (Å²) >= 11 is 0. The Balaban J connectivity index is 1.53. The minimum atomic E-state index is -0.594. The highest BCUT2D eigenvalue weighted by Gasteiger charge is 2.21. The van der Waals surface area contributed by atoms with Crippen molar-refractivity contribution in [1.29, 1.82) is 0 Å². The number of carbonyl (C=O) groups excluding carboxylic acids is 4. The number of carbonyl (C=O) groups is 4. The molecule has 0 aromatic heterocycles. The average molecular weight is 380 g/mol. The molecule has 4 amide bonds. The highest BCUT2D eigenvalue weighted by Crippen LogP contribution is 2.21. The molecule has 144 valence electrons. The molecule has 0 radical (unpaired) electrons. The summed E-state index contributed by atoms with van der Waals surface area (Å²) in [5, 5.41) is 5.12. The second-order valence-electron chi connectivity index (χ2n) is 6.37. The number of amides is 4. The SMILES string of the molecule is NC(=O)c1cccc(NC(=O)CNC(=O)c2ccc(N3CCCC3=O)cc2)c1. The van der Waals surface area contributed by atoms with E-state index in [0.717, 1.165) is 12.1 Å². The van der Waals surface area contributed by atoms with Crippen LogP contribution < -0.4 is 21.3 Å². The zero-order valence-electron chi connectivity index (χ0n) is 15.1. The van der Waals surface area contributed by atoms with E-state index in [4.69, 9.17) is 5.73 Å². The van der Waals surface area contributed by atoms with Crippen molar-refractivity contribution in [1.82, 2.24) is 5.32 Å². The second kappa shape index (κ2) is 8.34. The van der Waals surface area contributed by atoms with Gasteiger partial charge in [-0.3, -0.25) is 19.2 Å². The number of benzene rings is 2. The summed E-state index contributed by atoms with van der Waals surface area (Å²) in [6.07, 6.45) is 1.37. The van der Waals surface area contributed by atoms with Crippen molar-refractivity contribution < 1.29 is 19.2 Å². The van der Waals surface area contributed by atoms with Crippen molar-refractivity contribution in [3.05, 3.63) is 59.7 Å². The van der Waals surface area contributed by atoms with Crippen LogP contribution in [0, 0.1) is 0 Å². The molecule has 28 heavy (non-hydrogen) atoms. The topological polar surface area (TPSA) is 122 Å². The molecule has 3 rings (SSSR count). The first-order chi connectivity index (χ1) is 13.4. The molecule has 1 aliphatic heterocycles. The van der Waals surface area contributed by atoms with Gasteiger partial charge in [-0.25, -0.2) is 0 Å². The number of nitrogens with zero attached hydrogens (tertiary/aromatic N) is 1. The molecule has 1 heterocycles. The van der Waals surface area contributed by atoms with Gasteiger partial charge in [-0.05, 0) is 48.9 Å². The van der Waals surface area contributed by atoms with Gasteiger partial charge in [-0.1, -0.05) is 6.07 Å². The second-order valence-corrected chi connectivity index (χ2v) is 6.37. The van der Waals surface area contributed by atoms with Gasteiger partial charge < -0.3 is 21.3 Å². The minimum Gasteiger partial charge on any atom is -0.366 e. The zero-order valence-corrected chi connectivity index (χ0v) is 15.1. The summed E-state index contributed by atoms with van der Waals surface area (Å²) in [5.41, 5.74) is 7.04. The third kappa shape index (κ3) is 4.53. The fourth-order valence-electron chi connectivity index (χ4n) is 2.93. The molecule has 1 aliphatic rings. The van der Waals surface area contributed by atoms with Gasteiger partial charge in [-0.15, -0.1) is 0 Å². The standard InChI is InChI=1S/C20H20N4O4/c21-19(27)14-3-1-4-15(11-14)23-17(25)12-22-20(28)13-6-8-16(9-7-13)24-10-2-5-18(24)26/h1,3-4,6-9,11H,2,5,10,12H2,(H2,21,27)(H,22,28)(H,23,25). The maximum Gasteiger partial charge on any atom is 0.251 e. The van der Waals surface area contributed by atoms with E-state index in [1.807, 2.05) is 0 Å². The van der Waals surface area contributed by atoms with Gasteiger partial charge in [0.15, 0.2) is 0 Å². The molecule has 8 heteroatoms. The Kier molecular flexibility index (Phi) is 5.69. The van der Waals surface area contributed by atoms with Crippen molar-refractivity contribution in [2.75, 3.05) is 23.3 Å². The minimum absolute atomic E-state index is 0.0780. The molecular formula is C20H20N4O4. The van der Waals surface area contributed by atoms with E-state index in [1.165, 1.54) is 6.07 Å². The predicted octanol–water partition coefficient (Wildman–Crippen LogP) is 1.28. The summed E-state index contributed by atoms with van der Waals surface area (Å²) in [5.74, 6) is -1.35. The Morgan fingerprint density at radius 1 is 1.04 bits per heavy atom.